The first-order valence-electron chi connectivity index (χ1n) is 6.49. The molecule has 0 radical (unpaired) electrons. The minimum absolute atomic E-state index is 0.179. The van der Waals surface area contributed by atoms with Gasteiger partial charge in [-0.3, -0.25) is 4.90 Å². The van der Waals surface area contributed by atoms with Crippen molar-refractivity contribution in [2.24, 2.45) is 5.73 Å². The molecular weight excluding hydrogens is 319 g/mol. The van der Waals surface area contributed by atoms with E-state index in [-0.39, 0.29) is 5.82 Å². The lowest BCUT2D eigenvalue weighted by molar-refractivity contribution is 0.313. The van der Waals surface area contributed by atoms with Crippen molar-refractivity contribution in [1.82, 2.24) is 4.90 Å². The van der Waals surface area contributed by atoms with Crippen molar-refractivity contribution in [2.45, 2.75) is 19.6 Å². The normalized spacial score (nSPS) is 11.1. The third-order valence-electron chi connectivity index (χ3n) is 3.18. The molecule has 0 heterocycles. The molecule has 0 aliphatic heterocycles. The summed E-state index contributed by atoms with van der Waals surface area (Å²) >= 11 is 3.53. The molecule has 2 N–H and O–H groups in total. The van der Waals surface area contributed by atoms with Crippen LogP contribution < -0.4 is 5.73 Å². The molecule has 0 saturated carbocycles. The molecule has 2 aromatic rings. The van der Waals surface area contributed by atoms with Gasteiger partial charge >= 0.3 is 0 Å². The molecule has 0 saturated heterocycles. The molecule has 0 unspecified atom stereocenters. The van der Waals surface area contributed by atoms with Crippen molar-refractivity contribution in [3.8, 4) is 0 Å². The van der Waals surface area contributed by atoms with E-state index >= 15 is 0 Å². The number of rotatable bonds is 5. The molecule has 4 heteroatoms. The zero-order valence-electron chi connectivity index (χ0n) is 11.4. The van der Waals surface area contributed by atoms with Gasteiger partial charge in [0.15, 0.2) is 0 Å². The second-order valence-electron chi connectivity index (χ2n) is 4.89. The lowest BCUT2D eigenvalue weighted by atomic mass is 10.1. The maximum atomic E-state index is 13.8. The monoisotopic (exact) mass is 336 g/mol. The Morgan fingerprint density at radius 3 is 2.50 bits per heavy atom. The van der Waals surface area contributed by atoms with Crippen LogP contribution in [0.2, 0.25) is 0 Å². The van der Waals surface area contributed by atoms with E-state index in [0.29, 0.717) is 18.7 Å². The maximum absolute atomic E-state index is 13.8. The van der Waals surface area contributed by atoms with Crippen molar-refractivity contribution in [3.63, 3.8) is 0 Å². The van der Waals surface area contributed by atoms with Crippen molar-refractivity contribution >= 4 is 15.9 Å². The van der Waals surface area contributed by atoms with Crippen LogP contribution in [0.3, 0.4) is 0 Å². The van der Waals surface area contributed by atoms with Gasteiger partial charge in [0.1, 0.15) is 5.82 Å². The molecule has 2 aromatic carbocycles. The summed E-state index contributed by atoms with van der Waals surface area (Å²) in [5.41, 5.74) is 8.42. The largest absolute Gasteiger partial charge is 0.326 e. The molecule has 106 valence electrons. The van der Waals surface area contributed by atoms with Crippen LogP contribution in [0.15, 0.2) is 46.9 Å². The summed E-state index contributed by atoms with van der Waals surface area (Å²) in [6.45, 7) is 1.75. The Bertz CT molecular complexity index is 586. The standard InChI is InChI=1S/C16H18BrFN2/c1-20(10-13-4-2-3-5-15(13)17)11-14-8-12(9-19)6-7-16(14)18/h2-8H,9-11,19H2,1H3. The molecule has 2 rings (SSSR count). The number of nitrogens with zero attached hydrogens (tertiary/aromatic N) is 1. The van der Waals surface area contributed by atoms with E-state index in [9.17, 15) is 4.39 Å². The van der Waals surface area contributed by atoms with Crippen LogP contribution >= 0.6 is 15.9 Å². The number of hydrogen-bond donors (Lipinski definition) is 1. The first kappa shape index (κ1) is 15.2. The molecule has 20 heavy (non-hydrogen) atoms. The molecule has 0 amide bonds. The van der Waals surface area contributed by atoms with Crippen LogP contribution in [0.25, 0.3) is 0 Å². The fourth-order valence-corrected chi connectivity index (χ4v) is 2.55. The summed E-state index contributed by atoms with van der Waals surface area (Å²) in [6.07, 6.45) is 0. The zero-order chi connectivity index (χ0) is 14.5. The topological polar surface area (TPSA) is 29.3 Å². The Labute approximate surface area is 127 Å². The Hall–Kier alpha value is -1.23. The fourth-order valence-electron chi connectivity index (χ4n) is 2.14. The van der Waals surface area contributed by atoms with Crippen molar-refractivity contribution in [1.29, 1.82) is 0 Å². The molecule has 2 nitrogen and oxygen atoms in total. The predicted octanol–water partition coefficient (Wildman–Crippen LogP) is 3.68. The highest BCUT2D eigenvalue weighted by Crippen LogP contribution is 2.19. The maximum Gasteiger partial charge on any atom is 0.127 e. The Morgan fingerprint density at radius 2 is 1.80 bits per heavy atom. The second kappa shape index (κ2) is 6.97. The SMILES string of the molecule is CN(Cc1cc(CN)ccc1F)Cc1ccccc1Br. The average molecular weight is 337 g/mol. The highest BCUT2D eigenvalue weighted by molar-refractivity contribution is 9.10. The second-order valence-corrected chi connectivity index (χ2v) is 5.75. The average Bonchev–Trinajstić information content (AvgIpc) is 2.44. The first-order chi connectivity index (χ1) is 9.60. The summed E-state index contributed by atoms with van der Waals surface area (Å²) in [5.74, 6) is -0.179. The van der Waals surface area contributed by atoms with Gasteiger partial charge in [-0.1, -0.05) is 46.3 Å². The van der Waals surface area contributed by atoms with Crippen LogP contribution in [0, 0.1) is 5.82 Å². The lowest BCUT2D eigenvalue weighted by Crippen LogP contribution is -2.18. The third kappa shape index (κ3) is 3.88. The molecular formula is C16H18BrFN2. The summed E-state index contributed by atoms with van der Waals surface area (Å²) in [7, 11) is 1.98. The van der Waals surface area contributed by atoms with Crippen molar-refractivity contribution < 1.29 is 4.39 Å². The fraction of sp³-hybridized carbons (Fsp3) is 0.250. The summed E-state index contributed by atoms with van der Waals surface area (Å²) in [4.78, 5) is 2.08. The molecule has 0 aliphatic carbocycles. The number of benzene rings is 2. The van der Waals surface area contributed by atoms with E-state index in [1.54, 1.807) is 6.07 Å². The van der Waals surface area contributed by atoms with Gasteiger partial charge in [-0.25, -0.2) is 4.39 Å². The first-order valence-corrected chi connectivity index (χ1v) is 7.28. The van der Waals surface area contributed by atoms with E-state index in [1.807, 2.05) is 31.3 Å². The highest BCUT2D eigenvalue weighted by atomic mass is 79.9. The highest BCUT2D eigenvalue weighted by Gasteiger charge is 2.08. The van der Waals surface area contributed by atoms with Gasteiger partial charge in [0, 0.05) is 29.7 Å². The van der Waals surface area contributed by atoms with Gasteiger partial charge in [0.05, 0.1) is 0 Å². The third-order valence-corrected chi connectivity index (χ3v) is 3.96. The van der Waals surface area contributed by atoms with E-state index < -0.39 is 0 Å². The van der Waals surface area contributed by atoms with Gasteiger partial charge in [0.2, 0.25) is 0 Å². The van der Waals surface area contributed by atoms with Crippen LogP contribution in [0.1, 0.15) is 16.7 Å². The number of hydrogen-bond acceptors (Lipinski definition) is 2. The van der Waals surface area contributed by atoms with E-state index in [4.69, 9.17) is 5.73 Å². The minimum atomic E-state index is -0.179. The van der Waals surface area contributed by atoms with Crippen molar-refractivity contribution in [3.05, 3.63) is 69.4 Å². The summed E-state index contributed by atoms with van der Waals surface area (Å²) in [5, 5.41) is 0. The van der Waals surface area contributed by atoms with Gasteiger partial charge in [-0.2, -0.15) is 0 Å². The minimum Gasteiger partial charge on any atom is -0.326 e. The van der Waals surface area contributed by atoms with Crippen LogP contribution in [0.4, 0.5) is 4.39 Å². The Balaban J connectivity index is 2.08. The van der Waals surface area contributed by atoms with E-state index in [0.717, 1.165) is 16.6 Å². The van der Waals surface area contributed by atoms with Gasteiger partial charge in [-0.15, -0.1) is 0 Å². The van der Waals surface area contributed by atoms with Crippen LogP contribution in [-0.2, 0) is 19.6 Å². The Morgan fingerprint density at radius 1 is 1.10 bits per heavy atom. The van der Waals surface area contributed by atoms with E-state index in [2.05, 4.69) is 26.9 Å². The summed E-state index contributed by atoms with van der Waals surface area (Å²) in [6, 6.07) is 13.1. The van der Waals surface area contributed by atoms with Gasteiger partial charge in [0.25, 0.3) is 0 Å². The molecule has 0 bridgehead atoms. The number of halogens is 2. The molecule has 0 atom stereocenters. The molecule has 0 aliphatic rings. The predicted molar refractivity (Wildman–Crippen MR) is 83.6 cm³/mol. The van der Waals surface area contributed by atoms with Crippen LogP contribution in [0.5, 0.6) is 0 Å². The molecule has 0 fully saturated rings. The quantitative estimate of drug-likeness (QED) is 0.902. The van der Waals surface area contributed by atoms with Crippen LogP contribution in [-0.4, -0.2) is 11.9 Å². The Kier molecular flexibility index (Phi) is 5.29. The lowest BCUT2D eigenvalue weighted by Gasteiger charge is -2.18. The van der Waals surface area contributed by atoms with Gasteiger partial charge in [-0.05, 0) is 30.3 Å². The number of nitrogens with two attached hydrogens (primary N) is 1. The zero-order valence-corrected chi connectivity index (χ0v) is 13.0. The molecule has 0 spiro atoms. The smallest absolute Gasteiger partial charge is 0.127 e. The summed E-state index contributed by atoms with van der Waals surface area (Å²) < 4.78 is 14.9. The van der Waals surface area contributed by atoms with Gasteiger partial charge < -0.3 is 5.73 Å². The molecule has 0 aromatic heterocycles. The van der Waals surface area contributed by atoms with Crippen molar-refractivity contribution in [2.75, 3.05) is 7.05 Å². The van der Waals surface area contributed by atoms with E-state index in [1.165, 1.54) is 11.6 Å².